The molecule has 0 saturated carbocycles. The average molecular weight is 243 g/mol. The second kappa shape index (κ2) is 4.53. The van der Waals surface area contributed by atoms with Crippen LogP contribution in [0.3, 0.4) is 0 Å². The molecule has 1 rings (SSSR count). The highest BCUT2D eigenvalue weighted by Gasteiger charge is 2.07. The smallest absolute Gasteiger partial charge is 0.0994 e. The molecular formula is C10H12BrNO. The summed E-state index contributed by atoms with van der Waals surface area (Å²) in [5, 5.41) is 9.72. The molecule has 0 aromatic carbocycles. The third-order valence-corrected chi connectivity index (χ3v) is 2.51. The summed E-state index contributed by atoms with van der Waals surface area (Å²) < 4.78 is 8.51. The molecule has 0 aliphatic carbocycles. The molecule has 1 heterocycles. The Morgan fingerprint density at radius 1 is 1.92 bits per heavy atom. The van der Waals surface area contributed by atoms with E-state index in [-0.39, 0.29) is 6.42 Å². The molecule has 1 atom stereocenters. The fraction of sp³-hybridized carbons (Fsp3) is 0.300. The summed E-state index contributed by atoms with van der Waals surface area (Å²) in [6.45, 7) is 5.38. The molecule has 0 aliphatic heterocycles. The van der Waals surface area contributed by atoms with Crippen LogP contribution in [0.1, 0.15) is 25.1 Å². The van der Waals surface area contributed by atoms with Crippen molar-refractivity contribution < 1.29 is 6.48 Å². The Morgan fingerprint density at radius 2 is 2.62 bits per heavy atom. The Labute approximate surface area is 87.9 Å². The van der Waals surface area contributed by atoms with E-state index in [0.29, 0.717) is 5.69 Å². The Kier molecular flexibility index (Phi) is 3.11. The molecule has 1 N–H and O–H groups in total. The van der Waals surface area contributed by atoms with Crippen molar-refractivity contribution in [1.82, 2.24) is 4.98 Å². The lowest BCUT2D eigenvalue weighted by atomic mass is 10.1. The van der Waals surface area contributed by atoms with Crippen LogP contribution in [0, 0.1) is 6.92 Å². The van der Waals surface area contributed by atoms with Gasteiger partial charge in [0.15, 0.2) is 0 Å². The van der Waals surface area contributed by atoms with Crippen LogP contribution in [0.25, 0.3) is 0 Å². The summed E-state index contributed by atoms with van der Waals surface area (Å²) >= 11 is 3.31. The molecule has 1 aromatic rings. The number of hydrogen-bond donors (Lipinski definition) is 1. The fourth-order valence-electron chi connectivity index (χ4n) is 0.938. The molecule has 0 amide bonds. The average Bonchev–Trinajstić information content (AvgIpc) is 2.09. The number of aryl methyl sites for hydroxylation is 1. The predicted molar refractivity (Wildman–Crippen MR) is 56.4 cm³/mol. The van der Waals surface area contributed by atoms with Gasteiger partial charge in [-0.05, 0) is 40.9 Å². The fourth-order valence-corrected chi connectivity index (χ4v) is 1.16. The van der Waals surface area contributed by atoms with Crippen LogP contribution in [0.2, 0.25) is 0 Å². The Bertz CT molecular complexity index is 352. The van der Waals surface area contributed by atoms with Gasteiger partial charge in [0.05, 0.1) is 13.1 Å². The molecule has 1 aromatic heterocycles. The number of aliphatic hydroxyl groups is 1. The van der Waals surface area contributed by atoms with Crippen LogP contribution in [0.15, 0.2) is 29.4 Å². The van der Waals surface area contributed by atoms with E-state index in [4.69, 9.17) is 1.37 Å². The first-order valence-corrected chi connectivity index (χ1v) is 4.72. The van der Waals surface area contributed by atoms with E-state index < -0.39 is 6.08 Å². The number of aromatic nitrogens is 1. The quantitative estimate of drug-likeness (QED) is 0.828. The second-order valence-electron chi connectivity index (χ2n) is 2.76. The molecular weight excluding hydrogens is 230 g/mol. The van der Waals surface area contributed by atoms with Gasteiger partial charge in [0.1, 0.15) is 0 Å². The monoisotopic (exact) mass is 242 g/mol. The van der Waals surface area contributed by atoms with Crippen LogP contribution in [0.5, 0.6) is 0 Å². The zero-order valence-corrected chi connectivity index (χ0v) is 9.00. The maximum Gasteiger partial charge on any atom is 0.0994 e. The van der Waals surface area contributed by atoms with Gasteiger partial charge in [-0.1, -0.05) is 6.08 Å². The van der Waals surface area contributed by atoms with Gasteiger partial charge in [0.25, 0.3) is 0 Å². The van der Waals surface area contributed by atoms with E-state index in [9.17, 15) is 5.11 Å². The number of hydrogen-bond acceptors (Lipinski definition) is 2. The van der Waals surface area contributed by atoms with E-state index >= 15 is 0 Å². The van der Waals surface area contributed by atoms with Crippen molar-refractivity contribution >= 4 is 15.9 Å². The van der Waals surface area contributed by atoms with E-state index in [0.717, 1.165) is 10.0 Å². The molecule has 3 heteroatoms. The van der Waals surface area contributed by atoms with Gasteiger partial charge in [-0.15, -0.1) is 6.58 Å². The minimum Gasteiger partial charge on any atom is -0.386 e. The first kappa shape index (κ1) is 8.91. The van der Waals surface area contributed by atoms with Crippen LogP contribution < -0.4 is 0 Å². The molecule has 0 bridgehead atoms. The lowest BCUT2D eigenvalue weighted by molar-refractivity contribution is 0.176. The third kappa shape index (κ3) is 2.64. The zero-order chi connectivity index (χ0) is 10.8. The lowest BCUT2D eigenvalue weighted by Crippen LogP contribution is -1.99. The molecule has 2 nitrogen and oxygen atoms in total. The largest absolute Gasteiger partial charge is 0.386 e. The molecule has 0 spiro atoms. The normalized spacial score (nSPS) is 16.1. The molecule has 0 saturated heterocycles. The van der Waals surface area contributed by atoms with Crippen LogP contribution >= 0.6 is 15.9 Å². The summed E-state index contributed by atoms with van der Waals surface area (Å²) in [6, 6.07) is 1.70. The Balaban J connectivity index is 3.07. The highest BCUT2D eigenvalue weighted by molar-refractivity contribution is 9.10. The van der Waals surface area contributed by atoms with Crippen molar-refractivity contribution in [3.8, 4) is 0 Å². The highest BCUT2D eigenvalue weighted by atomic mass is 79.9. The number of pyridine rings is 1. The van der Waals surface area contributed by atoms with E-state index in [1.54, 1.807) is 12.3 Å². The van der Waals surface area contributed by atoms with Gasteiger partial charge in [-0.2, -0.15) is 0 Å². The van der Waals surface area contributed by atoms with Gasteiger partial charge in [-0.3, -0.25) is 4.98 Å². The third-order valence-electron chi connectivity index (χ3n) is 1.68. The maximum atomic E-state index is 9.72. The molecule has 0 fully saturated rings. The minimum absolute atomic E-state index is 0.168. The van der Waals surface area contributed by atoms with Crippen molar-refractivity contribution in [2.24, 2.45) is 0 Å². The second-order valence-corrected chi connectivity index (χ2v) is 3.61. The topological polar surface area (TPSA) is 33.1 Å². The van der Waals surface area contributed by atoms with Gasteiger partial charge in [0.2, 0.25) is 0 Å². The van der Waals surface area contributed by atoms with Crippen molar-refractivity contribution in [3.63, 3.8) is 0 Å². The summed E-state index contributed by atoms with van der Waals surface area (Å²) in [7, 11) is 0. The predicted octanol–water partition coefficient (Wildman–Crippen LogP) is 2.76. The van der Waals surface area contributed by atoms with Gasteiger partial charge < -0.3 is 5.11 Å². The maximum absolute atomic E-state index is 9.72. The molecule has 1 unspecified atom stereocenters. The summed E-state index contributed by atoms with van der Waals surface area (Å²) in [5.74, 6) is 0. The summed E-state index contributed by atoms with van der Waals surface area (Å²) in [4.78, 5) is 4.00. The van der Waals surface area contributed by atoms with Crippen molar-refractivity contribution in [3.05, 3.63) is 40.6 Å². The highest BCUT2D eigenvalue weighted by Crippen LogP contribution is 2.20. The van der Waals surface area contributed by atoms with Crippen LogP contribution in [0.4, 0.5) is 0 Å². The van der Waals surface area contributed by atoms with E-state index in [1.165, 1.54) is 6.08 Å². The van der Waals surface area contributed by atoms with Gasteiger partial charge >= 0.3 is 0 Å². The molecule has 0 radical (unpaired) electrons. The summed E-state index contributed by atoms with van der Waals surface area (Å²) in [5.41, 5.74) is 1.29. The first-order chi connectivity index (χ1) is 6.47. The van der Waals surface area contributed by atoms with Crippen molar-refractivity contribution in [2.75, 3.05) is 0 Å². The van der Waals surface area contributed by atoms with Crippen LogP contribution in [-0.4, -0.2) is 10.1 Å². The van der Waals surface area contributed by atoms with Gasteiger partial charge in [-0.25, -0.2) is 0 Å². The number of halogens is 1. The minimum atomic E-state index is -1.67. The molecule has 70 valence electrons. The van der Waals surface area contributed by atoms with Crippen LogP contribution in [-0.2, 0) is 0 Å². The molecule has 0 aliphatic rings. The first-order valence-electron chi connectivity index (χ1n) is 4.43. The van der Waals surface area contributed by atoms with Gasteiger partial charge in [0, 0.05) is 10.7 Å². The Hall–Kier alpha value is -0.670. The van der Waals surface area contributed by atoms with Crippen molar-refractivity contribution in [1.29, 1.82) is 0 Å². The summed E-state index contributed by atoms with van der Waals surface area (Å²) in [6.07, 6.45) is 1.59. The lowest BCUT2D eigenvalue weighted by Gasteiger charge is -2.08. The SMILES string of the molecule is [2H]C(O)(CC=C)c1cc(C)c(Br)cn1. The zero-order valence-electron chi connectivity index (χ0n) is 8.42. The molecule has 13 heavy (non-hydrogen) atoms. The van der Waals surface area contributed by atoms with Crippen molar-refractivity contribution in [2.45, 2.75) is 19.4 Å². The Morgan fingerprint density at radius 3 is 3.15 bits per heavy atom. The number of rotatable bonds is 3. The standard InChI is InChI=1S/C10H12BrNO/c1-3-4-10(13)9-5-7(2)8(11)6-12-9/h3,5-6,10,13H,1,4H2,2H3/i10D. The van der Waals surface area contributed by atoms with E-state index in [1.807, 2.05) is 6.92 Å². The number of nitrogens with zero attached hydrogens (tertiary/aromatic N) is 1. The van der Waals surface area contributed by atoms with E-state index in [2.05, 4.69) is 27.5 Å².